The van der Waals surface area contributed by atoms with Crippen LogP contribution in [0.15, 0.2) is 4.47 Å². The van der Waals surface area contributed by atoms with E-state index in [4.69, 9.17) is 10.00 Å². The number of ether oxygens (including phenoxy) is 1. The Morgan fingerprint density at radius 3 is 2.35 bits per heavy atom. The number of halogens is 1. The van der Waals surface area contributed by atoms with Crippen molar-refractivity contribution in [3.8, 4) is 11.8 Å². The minimum atomic E-state index is -0.0729. The number of nitrogens with zero attached hydrogens (tertiary/aromatic N) is 2. The van der Waals surface area contributed by atoms with Crippen molar-refractivity contribution in [3.05, 3.63) is 26.7 Å². The van der Waals surface area contributed by atoms with Crippen molar-refractivity contribution in [3.63, 3.8) is 0 Å². The summed E-state index contributed by atoms with van der Waals surface area (Å²) in [5.74, 6) is 0.973. The minimum absolute atomic E-state index is 0.0729. The van der Waals surface area contributed by atoms with E-state index in [0.717, 1.165) is 23.2 Å². The molecule has 1 aromatic carbocycles. The van der Waals surface area contributed by atoms with Crippen molar-refractivity contribution in [2.24, 2.45) is 0 Å². The molecule has 0 aliphatic heterocycles. The van der Waals surface area contributed by atoms with Crippen LogP contribution in [0.25, 0.3) is 0 Å². The van der Waals surface area contributed by atoms with Gasteiger partial charge >= 0.3 is 0 Å². The molecule has 0 radical (unpaired) electrons. The van der Waals surface area contributed by atoms with Crippen LogP contribution >= 0.6 is 15.9 Å². The maximum Gasteiger partial charge on any atom is 0.125 e. The molecule has 20 heavy (non-hydrogen) atoms. The van der Waals surface area contributed by atoms with Crippen LogP contribution in [0.3, 0.4) is 0 Å². The molecule has 0 saturated heterocycles. The zero-order chi connectivity index (χ0) is 15.4. The third-order valence-electron chi connectivity index (χ3n) is 4.05. The van der Waals surface area contributed by atoms with Gasteiger partial charge in [-0.2, -0.15) is 5.26 Å². The number of rotatable bonds is 5. The van der Waals surface area contributed by atoms with Gasteiger partial charge < -0.3 is 4.74 Å². The average molecular weight is 339 g/mol. The number of nitriles is 1. The lowest BCUT2D eigenvalue weighted by molar-refractivity contribution is 0.304. The fourth-order valence-electron chi connectivity index (χ4n) is 2.30. The molecule has 110 valence electrons. The quantitative estimate of drug-likeness (QED) is 0.819. The summed E-state index contributed by atoms with van der Waals surface area (Å²) in [5, 5.41) is 8.96. The van der Waals surface area contributed by atoms with Gasteiger partial charge in [0, 0.05) is 11.0 Å². The molecule has 3 nitrogen and oxygen atoms in total. The third-order valence-corrected chi connectivity index (χ3v) is 5.24. The van der Waals surface area contributed by atoms with E-state index in [1.54, 1.807) is 7.11 Å². The highest BCUT2D eigenvalue weighted by Crippen LogP contribution is 2.36. The van der Waals surface area contributed by atoms with Gasteiger partial charge in [0.2, 0.25) is 0 Å². The number of hydrogen-bond acceptors (Lipinski definition) is 3. The summed E-state index contributed by atoms with van der Waals surface area (Å²) < 4.78 is 6.76. The third kappa shape index (κ3) is 3.34. The van der Waals surface area contributed by atoms with Gasteiger partial charge in [0.1, 0.15) is 5.75 Å². The van der Waals surface area contributed by atoms with Gasteiger partial charge in [0.05, 0.1) is 19.2 Å². The van der Waals surface area contributed by atoms with Gasteiger partial charge in [0.25, 0.3) is 0 Å². The second-order valence-corrected chi connectivity index (χ2v) is 6.03. The maximum absolute atomic E-state index is 8.96. The number of hydrogen-bond donors (Lipinski definition) is 0. The van der Waals surface area contributed by atoms with Crippen LogP contribution < -0.4 is 4.74 Å². The van der Waals surface area contributed by atoms with Gasteiger partial charge in [-0.1, -0.05) is 15.9 Å². The highest BCUT2D eigenvalue weighted by Gasteiger charge is 2.17. The summed E-state index contributed by atoms with van der Waals surface area (Å²) in [4.78, 5) is 2.06. The Morgan fingerprint density at radius 1 is 1.25 bits per heavy atom. The van der Waals surface area contributed by atoms with Gasteiger partial charge in [-0.05, 0) is 63.4 Å². The van der Waals surface area contributed by atoms with E-state index in [1.807, 2.05) is 14.0 Å². The van der Waals surface area contributed by atoms with Crippen LogP contribution in [0.4, 0.5) is 0 Å². The number of methoxy groups -OCH3 is 1. The van der Waals surface area contributed by atoms with Gasteiger partial charge in [0.15, 0.2) is 0 Å². The minimum Gasteiger partial charge on any atom is -0.496 e. The molecule has 1 unspecified atom stereocenters. The summed E-state index contributed by atoms with van der Waals surface area (Å²) >= 11 is 3.67. The van der Waals surface area contributed by atoms with E-state index in [0.29, 0.717) is 0 Å². The smallest absolute Gasteiger partial charge is 0.125 e. The molecule has 0 amide bonds. The van der Waals surface area contributed by atoms with Crippen molar-refractivity contribution in [2.45, 2.75) is 40.2 Å². The van der Waals surface area contributed by atoms with Crippen LogP contribution in [-0.4, -0.2) is 31.6 Å². The van der Waals surface area contributed by atoms with Crippen molar-refractivity contribution in [1.29, 1.82) is 5.26 Å². The van der Waals surface area contributed by atoms with E-state index in [1.165, 1.54) is 22.3 Å². The summed E-state index contributed by atoms with van der Waals surface area (Å²) in [6, 6.07) is 2.19. The zero-order valence-electron chi connectivity index (χ0n) is 13.2. The second kappa shape index (κ2) is 7.10. The monoisotopic (exact) mass is 338 g/mol. The van der Waals surface area contributed by atoms with Crippen LogP contribution in [0.5, 0.6) is 5.75 Å². The van der Waals surface area contributed by atoms with Crippen LogP contribution in [0.1, 0.15) is 29.2 Å². The Kier molecular flexibility index (Phi) is 6.04. The molecule has 0 fully saturated rings. The lowest BCUT2D eigenvalue weighted by Gasteiger charge is -2.22. The Hall–Kier alpha value is -1.05. The van der Waals surface area contributed by atoms with Gasteiger partial charge in [-0.3, -0.25) is 4.90 Å². The van der Waals surface area contributed by atoms with Gasteiger partial charge in [-0.25, -0.2) is 0 Å². The SMILES string of the molecule is COc1c(C)c(C)c(Br)c(C)c1CCN(C)C(C)C#N. The zero-order valence-corrected chi connectivity index (χ0v) is 14.8. The Balaban J connectivity index is 3.10. The predicted octanol–water partition coefficient (Wildman–Crippen LogP) is 3.77. The molecule has 0 spiro atoms. The van der Waals surface area contributed by atoms with E-state index >= 15 is 0 Å². The Labute approximate surface area is 130 Å². The molecule has 1 aromatic rings. The van der Waals surface area contributed by atoms with Crippen molar-refractivity contribution >= 4 is 15.9 Å². The lowest BCUT2D eigenvalue weighted by Crippen LogP contribution is -2.30. The fraction of sp³-hybridized carbons (Fsp3) is 0.562. The first kappa shape index (κ1) is 17.0. The first-order valence-electron chi connectivity index (χ1n) is 6.77. The normalized spacial score (nSPS) is 12.3. The first-order valence-corrected chi connectivity index (χ1v) is 7.56. The molecule has 0 heterocycles. The molecule has 0 bridgehead atoms. The molecule has 0 saturated carbocycles. The summed E-state index contributed by atoms with van der Waals surface area (Å²) in [7, 11) is 3.70. The van der Waals surface area contributed by atoms with Crippen LogP contribution in [-0.2, 0) is 6.42 Å². The number of likely N-dealkylation sites (N-methyl/N-ethyl adjacent to an activating group) is 1. The summed E-state index contributed by atoms with van der Waals surface area (Å²) in [6.07, 6.45) is 0.872. The molecule has 4 heteroatoms. The fourth-order valence-corrected chi connectivity index (χ4v) is 2.84. The summed E-state index contributed by atoms with van der Waals surface area (Å²) in [5.41, 5.74) is 4.85. The van der Waals surface area contributed by atoms with E-state index in [9.17, 15) is 0 Å². The maximum atomic E-state index is 8.96. The predicted molar refractivity (Wildman–Crippen MR) is 86.3 cm³/mol. The number of benzene rings is 1. The van der Waals surface area contributed by atoms with E-state index < -0.39 is 0 Å². The molecule has 0 aliphatic rings. The van der Waals surface area contributed by atoms with Crippen molar-refractivity contribution in [2.75, 3.05) is 20.7 Å². The first-order chi connectivity index (χ1) is 9.34. The lowest BCUT2D eigenvalue weighted by atomic mass is 9.96. The van der Waals surface area contributed by atoms with E-state index in [2.05, 4.69) is 47.7 Å². The van der Waals surface area contributed by atoms with Crippen molar-refractivity contribution in [1.82, 2.24) is 4.90 Å². The second-order valence-electron chi connectivity index (χ2n) is 5.24. The topological polar surface area (TPSA) is 36.3 Å². The average Bonchev–Trinajstić information content (AvgIpc) is 2.45. The van der Waals surface area contributed by atoms with E-state index in [-0.39, 0.29) is 6.04 Å². The highest BCUT2D eigenvalue weighted by molar-refractivity contribution is 9.10. The molecular weight excluding hydrogens is 316 g/mol. The molecule has 0 N–H and O–H groups in total. The molecule has 0 aromatic heterocycles. The van der Waals surface area contributed by atoms with Crippen LogP contribution in [0, 0.1) is 32.1 Å². The van der Waals surface area contributed by atoms with Gasteiger partial charge in [-0.15, -0.1) is 0 Å². The van der Waals surface area contributed by atoms with Crippen LogP contribution in [0.2, 0.25) is 0 Å². The Bertz CT molecular complexity index is 535. The van der Waals surface area contributed by atoms with Crippen molar-refractivity contribution < 1.29 is 4.74 Å². The Morgan fingerprint density at radius 2 is 1.85 bits per heavy atom. The largest absolute Gasteiger partial charge is 0.496 e. The molecular formula is C16H23BrN2O. The molecule has 1 atom stereocenters. The standard InChI is InChI=1S/C16H23BrN2O/c1-10(9-18)19(5)8-7-14-13(4)15(17)11(2)12(3)16(14)20-6/h10H,7-8H2,1-6H3. The molecule has 1 rings (SSSR count). The highest BCUT2D eigenvalue weighted by atomic mass is 79.9. The molecule has 0 aliphatic carbocycles. The summed E-state index contributed by atoms with van der Waals surface area (Å²) in [6.45, 7) is 9.05.